The van der Waals surface area contributed by atoms with Crippen LogP contribution in [0, 0.1) is 11.3 Å². The second-order valence-electron chi connectivity index (χ2n) is 6.91. The number of nitriles is 1. The molecular formula is C22H19N5O4S. The first-order valence-electron chi connectivity index (χ1n) is 9.73. The maximum absolute atomic E-state index is 12.5. The molecule has 1 amide bonds. The number of hydrogen-bond donors (Lipinski definition) is 3. The van der Waals surface area contributed by atoms with E-state index in [1.807, 2.05) is 18.2 Å². The van der Waals surface area contributed by atoms with Crippen molar-refractivity contribution in [2.24, 2.45) is 0 Å². The quantitative estimate of drug-likeness (QED) is 0.308. The Morgan fingerprint density at radius 3 is 2.72 bits per heavy atom. The topological polar surface area (TPSA) is 132 Å². The number of morpholine rings is 1. The van der Waals surface area contributed by atoms with Gasteiger partial charge in [0.05, 0.1) is 18.9 Å². The van der Waals surface area contributed by atoms with Crippen LogP contribution in [-0.4, -0.2) is 52.4 Å². The number of anilines is 2. The van der Waals surface area contributed by atoms with E-state index >= 15 is 0 Å². The zero-order chi connectivity index (χ0) is 22.5. The van der Waals surface area contributed by atoms with E-state index in [2.05, 4.69) is 20.2 Å². The van der Waals surface area contributed by atoms with E-state index in [1.54, 1.807) is 11.6 Å². The van der Waals surface area contributed by atoms with Gasteiger partial charge in [0.1, 0.15) is 17.5 Å². The number of phenolic OH excluding ortho intramolecular Hbond substituents is 2. The highest BCUT2D eigenvalue weighted by Gasteiger charge is 2.15. The lowest BCUT2D eigenvalue weighted by Crippen LogP contribution is -2.36. The van der Waals surface area contributed by atoms with Gasteiger partial charge >= 0.3 is 0 Å². The highest BCUT2D eigenvalue weighted by atomic mass is 32.1. The molecule has 1 aliphatic rings. The van der Waals surface area contributed by atoms with Crippen molar-refractivity contribution in [1.82, 2.24) is 9.97 Å². The van der Waals surface area contributed by atoms with Gasteiger partial charge in [-0.2, -0.15) is 5.26 Å². The zero-order valence-electron chi connectivity index (χ0n) is 16.9. The van der Waals surface area contributed by atoms with Crippen LogP contribution in [0.25, 0.3) is 17.3 Å². The van der Waals surface area contributed by atoms with Crippen LogP contribution >= 0.6 is 11.3 Å². The molecule has 1 saturated heterocycles. The van der Waals surface area contributed by atoms with Crippen molar-refractivity contribution in [2.75, 3.05) is 36.5 Å². The molecule has 162 valence electrons. The molecule has 0 radical (unpaired) electrons. The van der Waals surface area contributed by atoms with Crippen LogP contribution in [0.2, 0.25) is 0 Å². The number of nitrogens with one attached hydrogen (secondary N) is 1. The van der Waals surface area contributed by atoms with Crippen LogP contribution in [-0.2, 0) is 9.53 Å². The molecule has 1 fully saturated rings. The molecule has 2 aromatic heterocycles. The van der Waals surface area contributed by atoms with E-state index < -0.39 is 5.91 Å². The first-order chi connectivity index (χ1) is 15.5. The minimum Gasteiger partial charge on any atom is -0.504 e. The Kier molecular flexibility index (Phi) is 6.30. The molecular weight excluding hydrogens is 430 g/mol. The number of pyridine rings is 1. The van der Waals surface area contributed by atoms with Gasteiger partial charge in [-0.05, 0) is 35.9 Å². The summed E-state index contributed by atoms with van der Waals surface area (Å²) < 4.78 is 5.36. The second kappa shape index (κ2) is 9.47. The fraction of sp³-hybridized carbons (Fsp3) is 0.182. The lowest BCUT2D eigenvalue weighted by atomic mass is 10.1. The third kappa shape index (κ3) is 4.85. The Labute approximate surface area is 187 Å². The third-order valence-electron chi connectivity index (χ3n) is 4.78. The monoisotopic (exact) mass is 449 g/mol. The predicted molar refractivity (Wildman–Crippen MR) is 120 cm³/mol. The number of hydrogen-bond acceptors (Lipinski definition) is 9. The van der Waals surface area contributed by atoms with E-state index in [9.17, 15) is 20.3 Å². The third-order valence-corrected chi connectivity index (χ3v) is 5.54. The van der Waals surface area contributed by atoms with Crippen molar-refractivity contribution < 1.29 is 19.7 Å². The van der Waals surface area contributed by atoms with Crippen molar-refractivity contribution in [1.29, 1.82) is 5.26 Å². The number of nitrogens with zero attached hydrogens (tertiary/aromatic N) is 4. The predicted octanol–water partition coefficient (Wildman–Crippen LogP) is 3.00. The minimum absolute atomic E-state index is 0.164. The molecule has 3 N–H and O–H groups in total. The largest absolute Gasteiger partial charge is 0.504 e. The lowest BCUT2D eigenvalue weighted by Gasteiger charge is -2.27. The molecule has 0 atom stereocenters. The van der Waals surface area contributed by atoms with Crippen molar-refractivity contribution in [3.05, 3.63) is 53.0 Å². The minimum atomic E-state index is -0.623. The number of amides is 1. The van der Waals surface area contributed by atoms with Gasteiger partial charge in [-0.3, -0.25) is 10.1 Å². The van der Waals surface area contributed by atoms with Crippen molar-refractivity contribution >= 4 is 34.3 Å². The fourth-order valence-corrected chi connectivity index (χ4v) is 3.81. The zero-order valence-corrected chi connectivity index (χ0v) is 17.7. The average molecular weight is 449 g/mol. The summed E-state index contributed by atoms with van der Waals surface area (Å²) in [6.07, 6.45) is 3.06. The summed E-state index contributed by atoms with van der Waals surface area (Å²) in [5, 5.41) is 33.1. The van der Waals surface area contributed by atoms with E-state index in [0.717, 1.165) is 24.5 Å². The van der Waals surface area contributed by atoms with Crippen LogP contribution in [0.15, 0.2) is 47.5 Å². The fourth-order valence-electron chi connectivity index (χ4n) is 3.09. The summed E-state index contributed by atoms with van der Waals surface area (Å²) in [4.78, 5) is 23.6. The first kappa shape index (κ1) is 21.3. The number of carbonyl (C=O) groups is 1. The smallest absolute Gasteiger partial charge is 0.268 e. The molecule has 1 aliphatic heterocycles. The van der Waals surface area contributed by atoms with Crippen molar-refractivity contribution in [3.8, 4) is 28.8 Å². The van der Waals surface area contributed by atoms with Gasteiger partial charge in [-0.1, -0.05) is 6.07 Å². The Bertz CT molecular complexity index is 1190. The highest BCUT2D eigenvalue weighted by Crippen LogP contribution is 2.28. The summed E-state index contributed by atoms with van der Waals surface area (Å²) in [5.41, 5.74) is 1.72. The Hall–Kier alpha value is -3.94. The SMILES string of the molecule is N#C/C(=C\c1ccc(O)c(O)c1)C(=O)Nc1nc(-c2ccc(N3CCOCC3)nc2)cs1. The first-order valence-corrected chi connectivity index (χ1v) is 10.6. The molecule has 0 aliphatic carbocycles. The molecule has 0 saturated carbocycles. The van der Waals surface area contributed by atoms with E-state index in [-0.39, 0.29) is 17.1 Å². The Morgan fingerprint density at radius 1 is 1.22 bits per heavy atom. The van der Waals surface area contributed by atoms with Gasteiger partial charge in [-0.25, -0.2) is 9.97 Å². The number of benzene rings is 1. The number of thiazole rings is 1. The normalized spacial score (nSPS) is 14.1. The lowest BCUT2D eigenvalue weighted by molar-refractivity contribution is -0.112. The van der Waals surface area contributed by atoms with Gasteiger partial charge in [0.25, 0.3) is 5.91 Å². The molecule has 9 nitrogen and oxygen atoms in total. The Morgan fingerprint density at radius 2 is 2.03 bits per heavy atom. The van der Waals surface area contributed by atoms with Gasteiger partial charge < -0.3 is 19.8 Å². The van der Waals surface area contributed by atoms with Crippen LogP contribution in [0.4, 0.5) is 10.9 Å². The number of rotatable bonds is 5. The van der Waals surface area contributed by atoms with Gasteiger partial charge in [0.15, 0.2) is 16.6 Å². The van der Waals surface area contributed by atoms with E-state index in [1.165, 1.54) is 35.6 Å². The summed E-state index contributed by atoms with van der Waals surface area (Å²) in [7, 11) is 0. The number of ether oxygens (including phenoxy) is 1. The summed E-state index contributed by atoms with van der Waals surface area (Å²) in [6.45, 7) is 2.98. The molecule has 0 bridgehead atoms. The van der Waals surface area contributed by atoms with Crippen LogP contribution in [0.3, 0.4) is 0 Å². The van der Waals surface area contributed by atoms with E-state index in [0.29, 0.717) is 29.6 Å². The molecule has 3 aromatic rings. The average Bonchev–Trinajstić information content (AvgIpc) is 3.28. The van der Waals surface area contributed by atoms with Crippen molar-refractivity contribution in [2.45, 2.75) is 0 Å². The standard InChI is InChI=1S/C22H19N5O4S/c23-11-16(9-14-1-3-18(28)19(29)10-14)21(30)26-22-25-17(13-32-22)15-2-4-20(24-12-15)27-5-7-31-8-6-27/h1-4,9-10,12-13,28-29H,5-8H2,(H,25,26,30)/b16-9+. The van der Waals surface area contributed by atoms with Crippen molar-refractivity contribution in [3.63, 3.8) is 0 Å². The molecule has 0 spiro atoms. The highest BCUT2D eigenvalue weighted by molar-refractivity contribution is 7.14. The molecule has 10 heteroatoms. The van der Waals surface area contributed by atoms with E-state index in [4.69, 9.17) is 4.74 Å². The Balaban J connectivity index is 1.45. The van der Waals surface area contributed by atoms with Gasteiger partial charge in [-0.15, -0.1) is 11.3 Å². The number of carbonyl (C=O) groups excluding carboxylic acids is 1. The maximum atomic E-state index is 12.5. The summed E-state index contributed by atoms with van der Waals surface area (Å²) in [5.74, 6) is -0.367. The molecule has 0 unspecified atom stereocenters. The number of aromatic nitrogens is 2. The van der Waals surface area contributed by atoms with Crippen LogP contribution in [0.5, 0.6) is 11.5 Å². The summed E-state index contributed by atoms with van der Waals surface area (Å²) >= 11 is 1.24. The number of phenols is 2. The van der Waals surface area contributed by atoms with Crippen LogP contribution < -0.4 is 10.2 Å². The number of aromatic hydroxyl groups is 2. The van der Waals surface area contributed by atoms with Crippen LogP contribution in [0.1, 0.15) is 5.56 Å². The van der Waals surface area contributed by atoms with Gasteiger partial charge in [0, 0.05) is 30.2 Å². The second-order valence-corrected chi connectivity index (χ2v) is 7.77. The van der Waals surface area contributed by atoms with Gasteiger partial charge in [0.2, 0.25) is 0 Å². The molecule has 4 rings (SSSR count). The molecule has 1 aromatic carbocycles. The summed E-state index contributed by atoms with van der Waals surface area (Å²) in [6, 6.07) is 9.72. The maximum Gasteiger partial charge on any atom is 0.268 e. The molecule has 32 heavy (non-hydrogen) atoms. The molecule has 3 heterocycles.